The summed E-state index contributed by atoms with van der Waals surface area (Å²) in [5, 5.41) is 3.17. The van der Waals surface area contributed by atoms with Crippen LogP contribution >= 0.6 is 0 Å². The minimum Gasteiger partial charge on any atom is -0.342 e. The van der Waals surface area contributed by atoms with Gasteiger partial charge in [0, 0.05) is 25.3 Å². The van der Waals surface area contributed by atoms with Crippen LogP contribution in [0.15, 0.2) is 18.2 Å². The van der Waals surface area contributed by atoms with Gasteiger partial charge in [-0.25, -0.2) is 0 Å². The smallest absolute Gasteiger partial charge is 0.239 e. The van der Waals surface area contributed by atoms with E-state index < -0.39 is 5.92 Å². The molecule has 2 atom stereocenters. The van der Waals surface area contributed by atoms with Gasteiger partial charge < -0.3 is 15.1 Å². The molecular weight excluding hydrogens is 302 g/mol. The first kappa shape index (κ1) is 17.0. The highest BCUT2D eigenvalue weighted by atomic mass is 16.2. The Morgan fingerprint density at radius 3 is 2.54 bits per heavy atom. The van der Waals surface area contributed by atoms with E-state index in [2.05, 4.69) is 11.4 Å². The molecule has 5 nitrogen and oxygen atoms in total. The monoisotopic (exact) mass is 329 g/mol. The summed E-state index contributed by atoms with van der Waals surface area (Å²) >= 11 is 0. The molecular formula is C19H27N3O2. The van der Waals surface area contributed by atoms with Gasteiger partial charge in [0.2, 0.25) is 11.8 Å². The first-order valence-electron chi connectivity index (χ1n) is 8.82. The summed E-state index contributed by atoms with van der Waals surface area (Å²) in [4.78, 5) is 29.2. The van der Waals surface area contributed by atoms with Crippen molar-refractivity contribution < 1.29 is 9.59 Å². The molecule has 0 radical (unpaired) electrons. The second-order valence-corrected chi connectivity index (χ2v) is 7.17. The van der Waals surface area contributed by atoms with Gasteiger partial charge in [-0.3, -0.25) is 9.59 Å². The first-order chi connectivity index (χ1) is 11.5. The normalized spacial score (nSPS) is 24.0. The Balaban J connectivity index is 1.69. The largest absolute Gasteiger partial charge is 0.342 e. The number of likely N-dealkylation sites (tertiary alicyclic amines) is 1. The number of nitrogens with zero attached hydrogens (tertiary/aromatic N) is 2. The van der Waals surface area contributed by atoms with E-state index in [0.717, 1.165) is 42.9 Å². The van der Waals surface area contributed by atoms with Crippen LogP contribution in [0.3, 0.4) is 0 Å². The van der Waals surface area contributed by atoms with Crippen LogP contribution in [0.5, 0.6) is 0 Å². The van der Waals surface area contributed by atoms with Crippen LogP contribution in [-0.2, 0) is 9.59 Å². The molecule has 0 aliphatic carbocycles. The highest BCUT2D eigenvalue weighted by Crippen LogP contribution is 2.29. The Labute approximate surface area is 144 Å². The molecule has 0 spiro atoms. The van der Waals surface area contributed by atoms with Crippen molar-refractivity contribution in [1.29, 1.82) is 0 Å². The maximum Gasteiger partial charge on any atom is 0.239 e. The lowest BCUT2D eigenvalue weighted by atomic mass is 10.1. The molecule has 130 valence electrons. The predicted molar refractivity (Wildman–Crippen MR) is 95.0 cm³/mol. The topological polar surface area (TPSA) is 52.7 Å². The highest BCUT2D eigenvalue weighted by Gasteiger charge is 2.41. The number of amides is 2. The molecule has 24 heavy (non-hydrogen) atoms. The van der Waals surface area contributed by atoms with Gasteiger partial charge >= 0.3 is 0 Å². The van der Waals surface area contributed by atoms with Gasteiger partial charge in [0.1, 0.15) is 5.92 Å². The highest BCUT2D eigenvalue weighted by molar-refractivity contribution is 6.09. The fourth-order valence-electron chi connectivity index (χ4n) is 3.98. The molecule has 3 rings (SSSR count). The van der Waals surface area contributed by atoms with E-state index in [1.165, 1.54) is 0 Å². The van der Waals surface area contributed by atoms with Crippen molar-refractivity contribution in [3.63, 3.8) is 0 Å². The molecule has 2 aliphatic heterocycles. The minimum absolute atomic E-state index is 0.0190. The SMILES string of the molecule is CNCC1CCN(C(=O)C2CCN(c3cc(C)cc(C)c3)C2=O)C1. The van der Waals surface area contributed by atoms with Crippen LogP contribution < -0.4 is 10.2 Å². The summed E-state index contributed by atoms with van der Waals surface area (Å²) in [6.45, 7) is 7.17. The van der Waals surface area contributed by atoms with Crippen molar-refractivity contribution in [2.45, 2.75) is 26.7 Å². The Morgan fingerprint density at radius 1 is 1.17 bits per heavy atom. The number of hydrogen-bond donors (Lipinski definition) is 1. The number of carbonyl (C=O) groups excluding carboxylic acids is 2. The molecule has 2 unspecified atom stereocenters. The molecule has 5 heteroatoms. The summed E-state index contributed by atoms with van der Waals surface area (Å²) in [6.07, 6.45) is 1.64. The zero-order chi connectivity index (χ0) is 17.3. The maximum absolute atomic E-state index is 12.8. The number of benzene rings is 1. The molecule has 2 saturated heterocycles. The Kier molecular flexibility index (Phi) is 4.90. The third-order valence-electron chi connectivity index (χ3n) is 5.11. The van der Waals surface area contributed by atoms with E-state index in [0.29, 0.717) is 18.9 Å². The van der Waals surface area contributed by atoms with Gasteiger partial charge in [-0.15, -0.1) is 0 Å². The molecule has 1 N–H and O–H groups in total. The third kappa shape index (κ3) is 3.31. The summed E-state index contributed by atoms with van der Waals surface area (Å²) in [7, 11) is 1.94. The van der Waals surface area contributed by atoms with Crippen LogP contribution in [0.2, 0.25) is 0 Å². The van der Waals surface area contributed by atoms with Gasteiger partial charge in [-0.1, -0.05) is 6.07 Å². The maximum atomic E-state index is 12.8. The molecule has 0 bridgehead atoms. The zero-order valence-corrected chi connectivity index (χ0v) is 14.8. The van der Waals surface area contributed by atoms with Crippen LogP contribution in [-0.4, -0.2) is 49.9 Å². The lowest BCUT2D eigenvalue weighted by molar-refractivity contribution is -0.139. The molecule has 2 fully saturated rings. The third-order valence-corrected chi connectivity index (χ3v) is 5.11. The minimum atomic E-state index is -0.501. The van der Waals surface area contributed by atoms with Gasteiger partial charge in [-0.2, -0.15) is 0 Å². The zero-order valence-electron chi connectivity index (χ0n) is 14.8. The quantitative estimate of drug-likeness (QED) is 0.856. The summed E-state index contributed by atoms with van der Waals surface area (Å²) in [6, 6.07) is 6.14. The number of nitrogens with one attached hydrogen (secondary N) is 1. The van der Waals surface area contributed by atoms with E-state index >= 15 is 0 Å². The van der Waals surface area contributed by atoms with Gasteiger partial charge in [-0.05, 0) is 69.5 Å². The number of anilines is 1. The van der Waals surface area contributed by atoms with Crippen molar-refractivity contribution in [1.82, 2.24) is 10.2 Å². The van der Waals surface area contributed by atoms with Crippen molar-refractivity contribution in [3.8, 4) is 0 Å². The Bertz CT molecular complexity index is 623. The molecule has 0 aromatic heterocycles. The fourth-order valence-corrected chi connectivity index (χ4v) is 3.98. The van der Waals surface area contributed by atoms with Crippen molar-refractivity contribution in [2.24, 2.45) is 11.8 Å². The van der Waals surface area contributed by atoms with E-state index in [1.54, 1.807) is 4.90 Å². The Morgan fingerprint density at radius 2 is 1.88 bits per heavy atom. The molecule has 0 saturated carbocycles. The van der Waals surface area contributed by atoms with Gasteiger partial charge in [0.25, 0.3) is 0 Å². The van der Waals surface area contributed by atoms with E-state index in [1.807, 2.05) is 37.9 Å². The van der Waals surface area contributed by atoms with Gasteiger partial charge in [0.15, 0.2) is 0 Å². The van der Waals surface area contributed by atoms with E-state index in [9.17, 15) is 9.59 Å². The summed E-state index contributed by atoms with van der Waals surface area (Å²) in [5.74, 6) is -0.0160. The van der Waals surface area contributed by atoms with E-state index in [4.69, 9.17) is 0 Å². The Hall–Kier alpha value is -1.88. The number of aryl methyl sites for hydroxylation is 2. The average molecular weight is 329 g/mol. The van der Waals surface area contributed by atoms with Crippen LogP contribution in [0, 0.1) is 25.7 Å². The van der Waals surface area contributed by atoms with Crippen molar-refractivity contribution >= 4 is 17.5 Å². The molecule has 2 amide bonds. The molecule has 2 aliphatic rings. The van der Waals surface area contributed by atoms with E-state index in [-0.39, 0.29) is 11.8 Å². The van der Waals surface area contributed by atoms with Gasteiger partial charge in [0.05, 0.1) is 0 Å². The second-order valence-electron chi connectivity index (χ2n) is 7.17. The lowest BCUT2D eigenvalue weighted by Crippen LogP contribution is -2.39. The number of rotatable bonds is 4. The average Bonchev–Trinajstić information content (AvgIpc) is 3.13. The first-order valence-corrected chi connectivity index (χ1v) is 8.82. The second kappa shape index (κ2) is 6.93. The predicted octanol–water partition coefficient (Wildman–Crippen LogP) is 1.72. The van der Waals surface area contributed by atoms with Crippen LogP contribution in [0.1, 0.15) is 24.0 Å². The summed E-state index contributed by atoms with van der Waals surface area (Å²) < 4.78 is 0. The molecule has 1 aromatic carbocycles. The lowest BCUT2D eigenvalue weighted by Gasteiger charge is -2.21. The molecule has 1 aromatic rings. The fraction of sp³-hybridized carbons (Fsp3) is 0.579. The number of hydrogen-bond acceptors (Lipinski definition) is 3. The molecule has 2 heterocycles. The summed E-state index contributed by atoms with van der Waals surface area (Å²) in [5.41, 5.74) is 3.20. The standard InChI is InChI=1S/C19H27N3O2/c1-13-8-14(2)10-16(9-13)22-7-5-17(19(22)24)18(23)21-6-4-15(12-21)11-20-3/h8-10,15,17,20H,4-7,11-12H2,1-3H3. The van der Waals surface area contributed by atoms with Crippen molar-refractivity contribution in [3.05, 3.63) is 29.3 Å². The van der Waals surface area contributed by atoms with Crippen LogP contribution in [0.4, 0.5) is 5.69 Å². The van der Waals surface area contributed by atoms with Crippen molar-refractivity contribution in [2.75, 3.05) is 38.1 Å². The number of carbonyl (C=O) groups is 2. The van der Waals surface area contributed by atoms with Crippen LogP contribution in [0.25, 0.3) is 0 Å².